The zero-order valence-corrected chi connectivity index (χ0v) is 16.4. The molecule has 0 saturated carbocycles. The molecule has 0 aromatic carbocycles. The summed E-state index contributed by atoms with van der Waals surface area (Å²) in [6.07, 6.45) is -0.393. The van der Waals surface area contributed by atoms with Crippen LogP contribution in [0.25, 0.3) is 0 Å². The maximum Gasteiger partial charge on any atom is 0.401 e. The molecule has 8 heteroatoms. The lowest BCUT2D eigenvalue weighted by atomic mass is 9.93. The molecule has 1 saturated heterocycles. The molecule has 0 amide bonds. The van der Waals surface area contributed by atoms with E-state index in [2.05, 4.69) is 22.5 Å². The van der Waals surface area contributed by atoms with E-state index in [4.69, 9.17) is 0 Å². The smallest absolute Gasteiger partial charge is 0.357 e. The van der Waals surface area contributed by atoms with E-state index in [-0.39, 0.29) is 24.0 Å². The third-order valence-corrected chi connectivity index (χ3v) is 3.79. The molecule has 0 spiro atoms. The van der Waals surface area contributed by atoms with Gasteiger partial charge >= 0.3 is 6.18 Å². The van der Waals surface area contributed by atoms with Crippen LogP contribution in [0.4, 0.5) is 13.2 Å². The van der Waals surface area contributed by atoms with Crippen LogP contribution >= 0.6 is 24.0 Å². The van der Waals surface area contributed by atoms with Crippen molar-refractivity contribution in [3.05, 3.63) is 0 Å². The highest BCUT2D eigenvalue weighted by atomic mass is 127. The maximum atomic E-state index is 12.3. The molecule has 0 aromatic heterocycles. The molecule has 0 atom stereocenters. The Morgan fingerprint density at radius 3 is 2.35 bits per heavy atom. The van der Waals surface area contributed by atoms with Gasteiger partial charge in [-0.05, 0) is 51.6 Å². The van der Waals surface area contributed by atoms with E-state index in [1.165, 1.54) is 4.90 Å². The van der Waals surface area contributed by atoms with E-state index in [9.17, 15) is 13.2 Å². The number of rotatable bonds is 7. The fourth-order valence-corrected chi connectivity index (χ4v) is 2.65. The summed E-state index contributed by atoms with van der Waals surface area (Å²) in [5.74, 6) is 1.34. The van der Waals surface area contributed by atoms with Crippen molar-refractivity contribution in [3.8, 4) is 0 Å². The van der Waals surface area contributed by atoms with Crippen molar-refractivity contribution in [2.24, 2.45) is 10.9 Å². The summed E-state index contributed by atoms with van der Waals surface area (Å²) in [7, 11) is 0. The second-order valence-corrected chi connectivity index (χ2v) is 5.81. The molecule has 1 heterocycles. The lowest BCUT2D eigenvalue weighted by molar-refractivity contribution is -0.148. The van der Waals surface area contributed by atoms with Crippen molar-refractivity contribution >= 4 is 29.9 Å². The first-order chi connectivity index (χ1) is 10.4. The number of halogens is 4. The molecule has 0 unspecified atom stereocenters. The zero-order valence-electron chi connectivity index (χ0n) is 14.1. The number of guanidine groups is 1. The van der Waals surface area contributed by atoms with Crippen LogP contribution in [0.3, 0.4) is 0 Å². The van der Waals surface area contributed by atoms with E-state index < -0.39 is 12.7 Å². The molecule has 23 heavy (non-hydrogen) atoms. The highest BCUT2D eigenvalue weighted by molar-refractivity contribution is 14.0. The third-order valence-electron chi connectivity index (χ3n) is 3.79. The number of nitrogens with zero attached hydrogens (tertiary/aromatic N) is 2. The van der Waals surface area contributed by atoms with Crippen LogP contribution in [0.15, 0.2) is 4.99 Å². The summed E-state index contributed by atoms with van der Waals surface area (Å²) in [6.45, 7) is 6.88. The second kappa shape index (κ2) is 12.2. The quantitative estimate of drug-likeness (QED) is 0.356. The Morgan fingerprint density at radius 1 is 1.17 bits per heavy atom. The van der Waals surface area contributed by atoms with Gasteiger partial charge in [0, 0.05) is 19.6 Å². The number of hydrogen-bond acceptors (Lipinski definition) is 2. The summed E-state index contributed by atoms with van der Waals surface area (Å²) in [5, 5.41) is 6.49. The molecule has 1 aliphatic rings. The topological polar surface area (TPSA) is 39.7 Å². The van der Waals surface area contributed by atoms with Crippen LogP contribution in [-0.4, -0.2) is 56.3 Å². The minimum absolute atomic E-state index is 0. The third kappa shape index (κ3) is 11.0. The Kier molecular flexibility index (Phi) is 12.0. The van der Waals surface area contributed by atoms with Crippen LogP contribution in [0.1, 0.15) is 39.5 Å². The first-order valence-electron chi connectivity index (χ1n) is 8.26. The Balaban J connectivity index is 0.00000484. The first kappa shape index (κ1) is 22.8. The number of alkyl halides is 3. The van der Waals surface area contributed by atoms with Crippen LogP contribution in [0.2, 0.25) is 0 Å². The van der Waals surface area contributed by atoms with Gasteiger partial charge in [0.15, 0.2) is 5.96 Å². The number of aliphatic imine (C=N–C) groups is 1. The van der Waals surface area contributed by atoms with E-state index in [1.54, 1.807) is 0 Å². The molecule has 0 bridgehead atoms. The molecular weight excluding hydrogens is 420 g/mol. The van der Waals surface area contributed by atoms with Gasteiger partial charge in [-0.25, -0.2) is 0 Å². The lowest BCUT2D eigenvalue weighted by Crippen LogP contribution is -2.41. The number of nitrogens with one attached hydrogen (secondary N) is 2. The molecule has 138 valence electrons. The minimum atomic E-state index is -4.08. The lowest BCUT2D eigenvalue weighted by Gasteiger charge is -2.32. The van der Waals surface area contributed by atoms with Gasteiger partial charge in [-0.3, -0.25) is 9.89 Å². The van der Waals surface area contributed by atoms with Crippen molar-refractivity contribution < 1.29 is 13.2 Å². The molecule has 1 fully saturated rings. The number of likely N-dealkylation sites (tertiary alicyclic amines) is 1. The molecular formula is C15H30F3IN4. The van der Waals surface area contributed by atoms with Crippen molar-refractivity contribution in [2.75, 3.05) is 39.3 Å². The highest BCUT2D eigenvalue weighted by Crippen LogP contribution is 2.23. The fraction of sp³-hybridized carbons (Fsp3) is 0.933. The van der Waals surface area contributed by atoms with Gasteiger partial charge in [-0.2, -0.15) is 13.2 Å². The summed E-state index contributed by atoms with van der Waals surface area (Å²) in [6, 6.07) is 0. The van der Waals surface area contributed by atoms with Crippen LogP contribution in [0.5, 0.6) is 0 Å². The van der Waals surface area contributed by atoms with E-state index in [1.807, 2.05) is 6.92 Å². The Bertz CT molecular complexity index is 329. The van der Waals surface area contributed by atoms with Gasteiger partial charge in [0.1, 0.15) is 0 Å². The summed E-state index contributed by atoms with van der Waals surface area (Å²) >= 11 is 0. The van der Waals surface area contributed by atoms with E-state index >= 15 is 0 Å². The molecule has 2 N–H and O–H groups in total. The predicted molar refractivity (Wildman–Crippen MR) is 99.5 cm³/mol. The Hall–Kier alpha value is -0.250. The average Bonchev–Trinajstić information content (AvgIpc) is 2.45. The number of hydrogen-bond donors (Lipinski definition) is 2. The van der Waals surface area contributed by atoms with Gasteiger partial charge in [0.2, 0.25) is 0 Å². The van der Waals surface area contributed by atoms with Gasteiger partial charge in [-0.15, -0.1) is 24.0 Å². The normalized spacial score (nSPS) is 17.7. The largest absolute Gasteiger partial charge is 0.401 e. The van der Waals surface area contributed by atoms with Gasteiger partial charge in [-0.1, -0.05) is 6.92 Å². The van der Waals surface area contributed by atoms with Gasteiger partial charge in [0.25, 0.3) is 0 Å². The first-order valence-corrected chi connectivity index (χ1v) is 8.26. The fourth-order valence-electron chi connectivity index (χ4n) is 2.65. The highest BCUT2D eigenvalue weighted by Gasteiger charge is 2.32. The monoisotopic (exact) mass is 450 g/mol. The zero-order chi connectivity index (χ0) is 16.4. The molecule has 1 rings (SSSR count). The summed E-state index contributed by atoms with van der Waals surface area (Å²) < 4.78 is 37.0. The van der Waals surface area contributed by atoms with E-state index in [0.717, 1.165) is 51.3 Å². The number of piperidine rings is 1. The SMILES string of the molecule is CCCN=C(NCC)NCCC1CCN(CC(F)(F)F)CC1.I. The van der Waals surface area contributed by atoms with Crippen molar-refractivity contribution in [1.82, 2.24) is 15.5 Å². The van der Waals surface area contributed by atoms with Crippen LogP contribution in [-0.2, 0) is 0 Å². The van der Waals surface area contributed by atoms with Gasteiger partial charge < -0.3 is 10.6 Å². The Morgan fingerprint density at radius 2 is 1.83 bits per heavy atom. The summed E-state index contributed by atoms with van der Waals surface area (Å²) in [4.78, 5) is 5.94. The van der Waals surface area contributed by atoms with Crippen molar-refractivity contribution in [3.63, 3.8) is 0 Å². The van der Waals surface area contributed by atoms with Crippen LogP contribution < -0.4 is 10.6 Å². The standard InChI is InChI=1S/C15H29F3N4.HI/c1-3-8-20-14(19-4-2)21-9-5-13-6-10-22(11-7-13)12-15(16,17)18;/h13H,3-12H2,1-2H3,(H2,19,20,21);1H. The van der Waals surface area contributed by atoms with Crippen molar-refractivity contribution in [1.29, 1.82) is 0 Å². The van der Waals surface area contributed by atoms with Crippen LogP contribution in [0, 0.1) is 5.92 Å². The maximum absolute atomic E-state index is 12.3. The average molecular weight is 450 g/mol. The molecule has 4 nitrogen and oxygen atoms in total. The molecule has 0 radical (unpaired) electrons. The molecule has 1 aliphatic heterocycles. The summed E-state index contributed by atoms with van der Waals surface area (Å²) in [5.41, 5.74) is 0. The minimum Gasteiger partial charge on any atom is -0.357 e. The second-order valence-electron chi connectivity index (χ2n) is 5.81. The van der Waals surface area contributed by atoms with E-state index in [0.29, 0.717) is 19.0 Å². The predicted octanol–water partition coefficient (Wildman–Crippen LogP) is 3.23. The van der Waals surface area contributed by atoms with Crippen molar-refractivity contribution in [2.45, 2.75) is 45.7 Å². The molecule has 0 aliphatic carbocycles. The molecule has 0 aromatic rings. The van der Waals surface area contributed by atoms with Gasteiger partial charge in [0.05, 0.1) is 6.54 Å². The Labute approximate surface area is 154 Å².